The molecule has 2 rings (SSSR count). The van der Waals surface area contributed by atoms with E-state index in [1.807, 2.05) is 11.9 Å². The third-order valence-corrected chi connectivity index (χ3v) is 4.52. The van der Waals surface area contributed by atoms with Crippen molar-refractivity contribution in [2.24, 2.45) is 10.9 Å². The van der Waals surface area contributed by atoms with E-state index in [-0.39, 0.29) is 6.04 Å². The number of amidine groups is 1. The number of aliphatic imine (C=N–C) groups is 1. The molecule has 1 saturated heterocycles. The molecule has 0 N–H and O–H groups in total. The highest BCUT2D eigenvalue weighted by Crippen LogP contribution is 2.36. The first-order valence-corrected chi connectivity index (χ1v) is 8.05. The number of halogens is 2. The maximum Gasteiger partial charge on any atom is 0.159 e. The summed E-state index contributed by atoms with van der Waals surface area (Å²) in [5, 5.41) is 0. The van der Waals surface area contributed by atoms with Crippen molar-refractivity contribution in [3.8, 4) is 0 Å². The molecule has 0 amide bonds. The topological polar surface area (TPSA) is 15.6 Å². The minimum absolute atomic E-state index is 0.190. The lowest BCUT2D eigenvalue weighted by molar-refractivity contribution is 0.374. The first-order chi connectivity index (χ1) is 10.5. The number of hydrogen-bond donors (Lipinski definition) is 0. The van der Waals surface area contributed by atoms with E-state index in [4.69, 9.17) is 0 Å². The lowest BCUT2D eigenvalue weighted by Gasteiger charge is -2.23. The summed E-state index contributed by atoms with van der Waals surface area (Å²) in [6.07, 6.45) is 4.13. The Morgan fingerprint density at radius 1 is 1.50 bits per heavy atom. The predicted octanol–water partition coefficient (Wildman–Crippen LogP) is 4.25. The second-order valence-corrected chi connectivity index (χ2v) is 6.23. The first-order valence-electron chi connectivity index (χ1n) is 8.05. The smallest absolute Gasteiger partial charge is 0.159 e. The molecule has 0 aromatic carbocycles. The van der Waals surface area contributed by atoms with Crippen molar-refractivity contribution in [1.82, 2.24) is 4.90 Å². The van der Waals surface area contributed by atoms with Crippen LogP contribution in [0.25, 0.3) is 0 Å². The summed E-state index contributed by atoms with van der Waals surface area (Å²) in [6.45, 7) is 10.0. The number of likely N-dealkylation sites (N-methyl/N-ethyl adjacent to an activating group) is 1. The van der Waals surface area contributed by atoms with Crippen LogP contribution in [0.2, 0.25) is 0 Å². The summed E-state index contributed by atoms with van der Waals surface area (Å²) in [5.41, 5.74) is 1.83. The van der Waals surface area contributed by atoms with Crippen LogP contribution in [0.15, 0.2) is 41.4 Å². The molecule has 0 aromatic heterocycles. The Morgan fingerprint density at radius 2 is 2.18 bits per heavy atom. The van der Waals surface area contributed by atoms with Gasteiger partial charge in [0.2, 0.25) is 0 Å². The van der Waals surface area contributed by atoms with Crippen molar-refractivity contribution in [1.29, 1.82) is 0 Å². The second-order valence-electron chi connectivity index (χ2n) is 6.23. The number of alkyl halides is 2. The highest BCUT2D eigenvalue weighted by Gasteiger charge is 2.37. The fraction of sp³-hybridized carbons (Fsp3) is 0.611. The number of hydrogen-bond acceptors (Lipinski definition) is 1. The van der Waals surface area contributed by atoms with Gasteiger partial charge in [0, 0.05) is 13.5 Å². The fourth-order valence-corrected chi connectivity index (χ4v) is 2.86. The van der Waals surface area contributed by atoms with Gasteiger partial charge in [-0.25, -0.2) is 8.78 Å². The lowest BCUT2D eigenvalue weighted by atomic mass is 10.0. The summed E-state index contributed by atoms with van der Waals surface area (Å²) in [5.74, 6) is 1.02. The molecule has 0 aromatic rings. The van der Waals surface area contributed by atoms with Crippen molar-refractivity contribution < 1.29 is 8.78 Å². The largest absolute Gasteiger partial charge is 0.354 e. The minimum atomic E-state index is -1.11. The van der Waals surface area contributed by atoms with E-state index in [0.717, 1.165) is 11.1 Å². The summed E-state index contributed by atoms with van der Waals surface area (Å²) in [6, 6.07) is -0.190. The number of allylic oxidation sites excluding steroid dienone is 1. The molecule has 0 spiro atoms. The Kier molecular flexibility index (Phi) is 5.54. The highest BCUT2D eigenvalue weighted by molar-refractivity contribution is 5.89. The van der Waals surface area contributed by atoms with Crippen LogP contribution in [0, 0.1) is 5.92 Å². The molecule has 4 heteroatoms. The van der Waals surface area contributed by atoms with Gasteiger partial charge in [0.05, 0.1) is 12.6 Å². The summed E-state index contributed by atoms with van der Waals surface area (Å²) >= 11 is 0. The summed E-state index contributed by atoms with van der Waals surface area (Å²) < 4.78 is 27.9. The molecule has 2 fully saturated rings. The van der Waals surface area contributed by atoms with Crippen LogP contribution in [0.3, 0.4) is 0 Å². The minimum Gasteiger partial charge on any atom is -0.354 e. The molecule has 1 aliphatic heterocycles. The van der Waals surface area contributed by atoms with Gasteiger partial charge in [-0.1, -0.05) is 31.7 Å². The van der Waals surface area contributed by atoms with Crippen molar-refractivity contribution >= 4 is 5.84 Å². The van der Waals surface area contributed by atoms with E-state index >= 15 is 0 Å². The molecule has 3 atom stereocenters. The Balaban J connectivity index is 2.09. The van der Waals surface area contributed by atoms with Crippen molar-refractivity contribution in [2.45, 2.75) is 51.0 Å². The SMILES string of the molecule is C=C/C(=C\C(F)CC)C1CC(F)/C(=N/CC(=C)C2CC2)N1C. The van der Waals surface area contributed by atoms with Crippen LogP contribution in [0.1, 0.15) is 32.6 Å². The van der Waals surface area contributed by atoms with Gasteiger partial charge in [0.15, 0.2) is 6.17 Å². The second kappa shape index (κ2) is 7.21. The van der Waals surface area contributed by atoms with Crippen LogP contribution in [-0.4, -0.2) is 42.7 Å². The van der Waals surface area contributed by atoms with Gasteiger partial charge in [0.1, 0.15) is 12.0 Å². The zero-order chi connectivity index (χ0) is 16.3. The quantitative estimate of drug-likeness (QED) is 0.507. The van der Waals surface area contributed by atoms with E-state index in [1.54, 1.807) is 19.1 Å². The lowest BCUT2D eigenvalue weighted by Crippen LogP contribution is -2.31. The molecular formula is C18H26F2N2. The summed E-state index contributed by atoms with van der Waals surface area (Å²) in [7, 11) is 1.82. The van der Waals surface area contributed by atoms with Crippen LogP contribution >= 0.6 is 0 Å². The van der Waals surface area contributed by atoms with Gasteiger partial charge >= 0.3 is 0 Å². The zero-order valence-corrected chi connectivity index (χ0v) is 13.6. The molecule has 122 valence electrons. The predicted molar refractivity (Wildman–Crippen MR) is 88.7 cm³/mol. The Labute approximate surface area is 132 Å². The Hall–Kier alpha value is -1.45. The molecule has 1 aliphatic carbocycles. The number of nitrogens with zero attached hydrogens (tertiary/aromatic N) is 2. The monoisotopic (exact) mass is 308 g/mol. The first kappa shape index (κ1) is 16.9. The fourth-order valence-electron chi connectivity index (χ4n) is 2.86. The summed E-state index contributed by atoms with van der Waals surface area (Å²) in [4.78, 5) is 6.25. The molecule has 1 heterocycles. The molecule has 22 heavy (non-hydrogen) atoms. The van der Waals surface area contributed by atoms with Gasteiger partial charge in [0.25, 0.3) is 0 Å². The molecular weight excluding hydrogens is 282 g/mol. The van der Waals surface area contributed by atoms with Crippen LogP contribution in [0.5, 0.6) is 0 Å². The Bertz CT molecular complexity index is 491. The molecule has 0 radical (unpaired) electrons. The van der Waals surface area contributed by atoms with Crippen LogP contribution < -0.4 is 0 Å². The molecule has 0 bridgehead atoms. The van der Waals surface area contributed by atoms with Crippen molar-refractivity contribution in [2.75, 3.05) is 13.6 Å². The van der Waals surface area contributed by atoms with Crippen molar-refractivity contribution in [3.05, 3.63) is 36.5 Å². The zero-order valence-electron chi connectivity index (χ0n) is 13.6. The third-order valence-electron chi connectivity index (χ3n) is 4.52. The maximum absolute atomic E-state index is 14.3. The van der Waals surface area contributed by atoms with E-state index in [9.17, 15) is 8.78 Å². The van der Waals surface area contributed by atoms with E-state index in [1.165, 1.54) is 12.8 Å². The van der Waals surface area contributed by atoms with E-state index in [0.29, 0.717) is 31.1 Å². The van der Waals surface area contributed by atoms with Gasteiger partial charge < -0.3 is 4.90 Å². The van der Waals surface area contributed by atoms with Crippen LogP contribution in [-0.2, 0) is 0 Å². The van der Waals surface area contributed by atoms with Gasteiger partial charge in [-0.2, -0.15) is 0 Å². The average molecular weight is 308 g/mol. The molecule has 1 saturated carbocycles. The van der Waals surface area contributed by atoms with Gasteiger partial charge in [-0.3, -0.25) is 4.99 Å². The number of likely N-dealkylation sites (tertiary alicyclic amines) is 1. The average Bonchev–Trinajstić information content (AvgIpc) is 3.30. The molecule has 2 nitrogen and oxygen atoms in total. The van der Waals surface area contributed by atoms with Crippen molar-refractivity contribution in [3.63, 3.8) is 0 Å². The van der Waals surface area contributed by atoms with Gasteiger partial charge in [-0.15, -0.1) is 0 Å². The van der Waals surface area contributed by atoms with E-state index in [2.05, 4.69) is 18.2 Å². The standard InChI is InChI=1S/C18H26F2N2/c1-5-13(9-15(19)6-2)17-10-16(20)18(22(17)4)21-11-12(3)14-7-8-14/h5,9,14-17H,1,3,6-8,10-11H2,2,4H3/b13-9+,21-18-. The van der Waals surface area contributed by atoms with Gasteiger partial charge in [-0.05, 0) is 36.8 Å². The Morgan fingerprint density at radius 3 is 2.73 bits per heavy atom. The highest BCUT2D eigenvalue weighted by atomic mass is 19.1. The van der Waals surface area contributed by atoms with Crippen LogP contribution in [0.4, 0.5) is 8.78 Å². The molecule has 2 aliphatic rings. The normalized spacial score (nSPS) is 29.0. The maximum atomic E-state index is 14.3. The molecule has 3 unspecified atom stereocenters. The van der Waals surface area contributed by atoms with E-state index < -0.39 is 12.3 Å². The number of rotatable bonds is 7. The third kappa shape index (κ3) is 3.84.